The van der Waals surface area contributed by atoms with Crippen LogP contribution < -0.4 is 5.32 Å². The molecule has 2 fully saturated rings. The molecule has 1 aliphatic carbocycles. The molecule has 0 atom stereocenters. The number of benzene rings is 2. The van der Waals surface area contributed by atoms with E-state index in [0.29, 0.717) is 12.8 Å². The minimum absolute atomic E-state index is 0.172. The fourth-order valence-electron chi connectivity index (χ4n) is 4.01. The van der Waals surface area contributed by atoms with Gasteiger partial charge < -0.3 is 24.5 Å². The van der Waals surface area contributed by atoms with Crippen molar-refractivity contribution in [2.45, 2.75) is 63.8 Å². The Morgan fingerprint density at radius 3 is 2.14 bits per heavy atom. The van der Waals surface area contributed by atoms with Crippen LogP contribution in [-0.4, -0.2) is 42.0 Å². The second-order valence-corrected chi connectivity index (χ2v) is 10.2. The van der Waals surface area contributed by atoms with Crippen LogP contribution in [0.1, 0.15) is 57.2 Å². The third-order valence-electron chi connectivity index (χ3n) is 7.18. The zero-order valence-electron chi connectivity index (χ0n) is 20.7. The molecular formula is C27H32BNO6. The maximum atomic E-state index is 12.4. The summed E-state index contributed by atoms with van der Waals surface area (Å²) in [6.45, 7) is 8.24. The number of carbonyl (C=O) groups excluding carboxylic acids is 1. The zero-order valence-corrected chi connectivity index (χ0v) is 20.7. The van der Waals surface area contributed by atoms with Crippen LogP contribution in [0.2, 0.25) is 0 Å². The standard InChI is InChI=1S/C27H32BNO6/c1-25(2)26(3,4)35-28(34-25)22(17-29-24(32)33-18-20-8-6-5-7-9-20)16-19-10-12-21(13-11-19)27(14-15-27)23(30)31/h5-13,16H,14-15,17-18H2,1-4H3,(H,29,32)(H,30,31). The molecule has 35 heavy (non-hydrogen) atoms. The third kappa shape index (κ3) is 5.44. The van der Waals surface area contributed by atoms with Gasteiger partial charge in [0, 0.05) is 6.54 Å². The molecule has 0 unspecified atom stereocenters. The first-order chi connectivity index (χ1) is 16.5. The summed E-state index contributed by atoms with van der Waals surface area (Å²) in [7, 11) is -0.650. The van der Waals surface area contributed by atoms with Crippen LogP contribution in [0.4, 0.5) is 4.79 Å². The van der Waals surface area contributed by atoms with Crippen molar-refractivity contribution in [2.75, 3.05) is 6.54 Å². The van der Waals surface area contributed by atoms with E-state index in [1.807, 2.05) is 88.4 Å². The van der Waals surface area contributed by atoms with Gasteiger partial charge in [-0.15, -0.1) is 0 Å². The third-order valence-corrected chi connectivity index (χ3v) is 7.18. The Balaban J connectivity index is 1.49. The fourth-order valence-corrected chi connectivity index (χ4v) is 4.01. The van der Waals surface area contributed by atoms with Crippen LogP contribution in [0.5, 0.6) is 0 Å². The van der Waals surface area contributed by atoms with E-state index in [0.717, 1.165) is 22.2 Å². The summed E-state index contributed by atoms with van der Waals surface area (Å²) < 4.78 is 17.8. The number of amides is 1. The number of carbonyl (C=O) groups is 2. The van der Waals surface area contributed by atoms with E-state index in [4.69, 9.17) is 14.0 Å². The van der Waals surface area contributed by atoms with E-state index in [2.05, 4.69) is 5.32 Å². The molecular weight excluding hydrogens is 445 g/mol. The van der Waals surface area contributed by atoms with Gasteiger partial charge >= 0.3 is 19.2 Å². The Morgan fingerprint density at radius 2 is 1.60 bits per heavy atom. The first-order valence-electron chi connectivity index (χ1n) is 11.9. The lowest BCUT2D eigenvalue weighted by atomic mass is 9.77. The molecule has 2 aromatic rings. The van der Waals surface area contributed by atoms with Crippen molar-refractivity contribution in [3.63, 3.8) is 0 Å². The van der Waals surface area contributed by atoms with Crippen LogP contribution in [0, 0.1) is 0 Å². The van der Waals surface area contributed by atoms with Gasteiger partial charge in [0.05, 0.1) is 16.6 Å². The summed E-state index contributed by atoms with van der Waals surface area (Å²) in [5, 5.41) is 12.4. The number of ether oxygens (including phenoxy) is 1. The van der Waals surface area contributed by atoms with Gasteiger partial charge in [-0.25, -0.2) is 4.79 Å². The van der Waals surface area contributed by atoms with Gasteiger partial charge in [0.15, 0.2) is 0 Å². The highest BCUT2D eigenvalue weighted by atomic mass is 16.7. The first-order valence-corrected chi connectivity index (χ1v) is 11.9. The molecule has 2 aliphatic rings. The van der Waals surface area contributed by atoms with E-state index in [-0.39, 0.29) is 13.2 Å². The smallest absolute Gasteiger partial charge is 0.481 e. The summed E-state index contributed by atoms with van der Waals surface area (Å²) >= 11 is 0. The Morgan fingerprint density at radius 1 is 1.00 bits per heavy atom. The molecule has 1 saturated carbocycles. The lowest BCUT2D eigenvalue weighted by Crippen LogP contribution is -2.41. The zero-order chi connectivity index (χ0) is 25.3. The molecule has 0 bridgehead atoms. The average Bonchev–Trinajstić information content (AvgIpc) is 3.59. The van der Waals surface area contributed by atoms with Crippen LogP contribution in [-0.2, 0) is 30.9 Å². The van der Waals surface area contributed by atoms with Gasteiger partial charge in [-0.3, -0.25) is 4.79 Å². The molecule has 8 heteroatoms. The Hall–Kier alpha value is -3.10. The quantitative estimate of drug-likeness (QED) is 0.534. The highest BCUT2D eigenvalue weighted by Gasteiger charge is 2.53. The van der Waals surface area contributed by atoms with Crippen molar-refractivity contribution in [1.82, 2.24) is 5.32 Å². The maximum absolute atomic E-state index is 12.4. The van der Waals surface area contributed by atoms with Crippen molar-refractivity contribution in [2.24, 2.45) is 0 Å². The predicted molar refractivity (Wildman–Crippen MR) is 134 cm³/mol. The van der Waals surface area contributed by atoms with Crippen molar-refractivity contribution in [3.8, 4) is 0 Å². The van der Waals surface area contributed by atoms with Crippen molar-refractivity contribution >= 4 is 25.3 Å². The number of aliphatic carboxylic acids is 1. The summed E-state index contributed by atoms with van der Waals surface area (Å²) in [6, 6.07) is 17.0. The molecule has 1 amide bonds. The van der Waals surface area contributed by atoms with E-state index in [1.54, 1.807) is 0 Å². The first kappa shape index (κ1) is 25.0. The minimum Gasteiger partial charge on any atom is -0.481 e. The molecule has 4 rings (SSSR count). The predicted octanol–water partition coefficient (Wildman–Crippen LogP) is 4.74. The molecule has 0 spiro atoms. The Kier molecular flexibility index (Phi) is 6.80. The fraction of sp³-hybridized carbons (Fsp3) is 0.407. The summed E-state index contributed by atoms with van der Waals surface area (Å²) in [4.78, 5) is 24.0. The van der Waals surface area contributed by atoms with Crippen LogP contribution >= 0.6 is 0 Å². The molecule has 1 saturated heterocycles. The molecule has 1 aliphatic heterocycles. The van der Waals surface area contributed by atoms with Gasteiger partial charge in [0.25, 0.3) is 0 Å². The molecule has 2 aromatic carbocycles. The maximum Gasteiger partial charge on any atom is 0.492 e. The number of carboxylic acids is 1. The largest absolute Gasteiger partial charge is 0.492 e. The molecule has 1 heterocycles. The highest BCUT2D eigenvalue weighted by molar-refractivity contribution is 6.56. The van der Waals surface area contributed by atoms with Crippen LogP contribution in [0.3, 0.4) is 0 Å². The van der Waals surface area contributed by atoms with E-state index >= 15 is 0 Å². The minimum atomic E-state index is -0.781. The number of rotatable bonds is 8. The summed E-state index contributed by atoms with van der Waals surface area (Å²) in [5.41, 5.74) is 1.48. The molecule has 0 radical (unpaired) electrons. The molecule has 2 N–H and O–H groups in total. The molecule has 7 nitrogen and oxygen atoms in total. The van der Waals surface area contributed by atoms with Gasteiger partial charge in [0.1, 0.15) is 6.61 Å². The lowest BCUT2D eigenvalue weighted by molar-refractivity contribution is -0.140. The van der Waals surface area contributed by atoms with E-state index < -0.39 is 35.8 Å². The second kappa shape index (κ2) is 9.51. The number of carboxylic acid groups (broad SMARTS) is 1. The monoisotopic (exact) mass is 477 g/mol. The van der Waals surface area contributed by atoms with Crippen molar-refractivity contribution in [1.29, 1.82) is 0 Å². The van der Waals surface area contributed by atoms with Crippen molar-refractivity contribution in [3.05, 3.63) is 76.8 Å². The Bertz CT molecular complexity index is 1090. The number of hydrogen-bond acceptors (Lipinski definition) is 5. The van der Waals surface area contributed by atoms with Gasteiger partial charge in [0.2, 0.25) is 0 Å². The topological polar surface area (TPSA) is 94.1 Å². The van der Waals surface area contributed by atoms with E-state index in [1.165, 1.54) is 0 Å². The van der Waals surface area contributed by atoms with Crippen LogP contribution in [0.25, 0.3) is 6.08 Å². The van der Waals surface area contributed by atoms with Gasteiger partial charge in [-0.1, -0.05) is 60.7 Å². The number of nitrogens with one attached hydrogen (secondary N) is 1. The van der Waals surface area contributed by atoms with E-state index in [9.17, 15) is 14.7 Å². The van der Waals surface area contributed by atoms with Gasteiger partial charge in [-0.05, 0) is 62.7 Å². The summed E-state index contributed by atoms with van der Waals surface area (Å²) in [5.74, 6) is -0.781. The number of hydrogen-bond donors (Lipinski definition) is 2. The van der Waals surface area contributed by atoms with Gasteiger partial charge in [-0.2, -0.15) is 0 Å². The second-order valence-electron chi connectivity index (χ2n) is 10.2. The molecule has 0 aromatic heterocycles. The van der Waals surface area contributed by atoms with Crippen LogP contribution in [0.15, 0.2) is 60.1 Å². The summed E-state index contributed by atoms with van der Waals surface area (Å²) in [6.07, 6.45) is 2.69. The Labute approximate surface area is 206 Å². The lowest BCUT2D eigenvalue weighted by Gasteiger charge is -2.32. The highest BCUT2D eigenvalue weighted by Crippen LogP contribution is 2.48. The molecule has 184 valence electrons. The SMILES string of the molecule is CC1(C)OB(C(=Cc2ccc(C3(C(=O)O)CC3)cc2)CNC(=O)OCc2ccccc2)OC1(C)C. The number of alkyl carbamates (subject to hydrolysis) is 1. The normalized spacial score (nSPS) is 19.8. The van der Waals surface area contributed by atoms with Crippen molar-refractivity contribution < 1.29 is 28.7 Å². The average molecular weight is 477 g/mol.